The summed E-state index contributed by atoms with van der Waals surface area (Å²) < 4.78 is 5.08. The number of nitrogens with one attached hydrogen (secondary N) is 1. The van der Waals surface area contributed by atoms with E-state index in [1.165, 1.54) is 13.3 Å². The van der Waals surface area contributed by atoms with Gasteiger partial charge in [-0.05, 0) is 25.0 Å². The van der Waals surface area contributed by atoms with Crippen LogP contribution in [-0.2, 0) is 4.79 Å². The number of pyridine rings is 1. The molecule has 2 aromatic rings. The van der Waals surface area contributed by atoms with Gasteiger partial charge in [0.1, 0.15) is 5.75 Å². The summed E-state index contributed by atoms with van der Waals surface area (Å²) in [6.45, 7) is 2.76. The molecule has 2 unspecified atom stereocenters. The lowest BCUT2D eigenvalue weighted by Crippen LogP contribution is -2.41. The molecule has 0 spiro atoms. The molecule has 0 bridgehead atoms. The van der Waals surface area contributed by atoms with Crippen LogP contribution in [0.3, 0.4) is 0 Å². The third-order valence-electron chi connectivity index (χ3n) is 5.50. The van der Waals surface area contributed by atoms with Crippen LogP contribution in [-0.4, -0.2) is 71.2 Å². The predicted octanol–water partition coefficient (Wildman–Crippen LogP) is 0.737. The number of hydrogen-bond acceptors (Lipinski definition) is 7. The van der Waals surface area contributed by atoms with Gasteiger partial charge in [0.15, 0.2) is 5.69 Å². The zero-order chi connectivity index (χ0) is 20.2. The Kier molecular flexibility index (Phi) is 5.55. The minimum atomic E-state index is -0.305. The highest BCUT2D eigenvalue weighted by Crippen LogP contribution is 2.26. The zero-order valence-electron chi connectivity index (χ0n) is 16.3. The molecule has 0 aromatic carbocycles. The summed E-state index contributed by atoms with van der Waals surface area (Å²) in [4.78, 5) is 33.5. The van der Waals surface area contributed by atoms with Crippen LogP contribution in [0.4, 0.5) is 5.69 Å². The van der Waals surface area contributed by atoms with E-state index in [1.54, 1.807) is 18.5 Å². The second-order valence-corrected chi connectivity index (χ2v) is 7.36. The van der Waals surface area contributed by atoms with Crippen LogP contribution in [0.5, 0.6) is 5.75 Å². The number of rotatable bonds is 5. The Balaban J connectivity index is 1.30. The van der Waals surface area contributed by atoms with E-state index in [9.17, 15) is 9.59 Å². The number of carbonyl (C=O) groups is 2. The van der Waals surface area contributed by atoms with E-state index in [1.807, 2.05) is 17.0 Å². The van der Waals surface area contributed by atoms with Gasteiger partial charge in [0.2, 0.25) is 5.91 Å². The Morgan fingerprint density at radius 1 is 1.17 bits per heavy atom. The molecular weight excluding hydrogens is 372 g/mol. The zero-order valence-corrected chi connectivity index (χ0v) is 16.3. The molecule has 2 fully saturated rings. The third-order valence-corrected chi connectivity index (χ3v) is 5.50. The summed E-state index contributed by atoms with van der Waals surface area (Å²) >= 11 is 0. The van der Waals surface area contributed by atoms with E-state index in [0.717, 1.165) is 31.6 Å². The van der Waals surface area contributed by atoms with Crippen LogP contribution in [0.1, 0.15) is 23.3 Å². The maximum absolute atomic E-state index is 12.9. The largest absolute Gasteiger partial charge is 0.495 e. The highest BCUT2D eigenvalue weighted by molar-refractivity contribution is 5.92. The van der Waals surface area contributed by atoms with Gasteiger partial charge in [-0.2, -0.15) is 5.10 Å². The number of amides is 2. The van der Waals surface area contributed by atoms with Crippen LogP contribution < -0.4 is 15.0 Å². The fourth-order valence-electron chi connectivity index (χ4n) is 3.92. The Bertz CT molecular complexity index is 878. The van der Waals surface area contributed by atoms with Crippen LogP contribution in [0.25, 0.3) is 0 Å². The summed E-state index contributed by atoms with van der Waals surface area (Å²) in [7, 11) is 1.51. The van der Waals surface area contributed by atoms with Crippen molar-refractivity contribution in [1.29, 1.82) is 0 Å². The maximum atomic E-state index is 12.9. The van der Waals surface area contributed by atoms with Crippen LogP contribution in [0.2, 0.25) is 0 Å². The van der Waals surface area contributed by atoms with Gasteiger partial charge in [-0.15, -0.1) is 5.10 Å². The topological polar surface area (TPSA) is 101 Å². The molecule has 4 heterocycles. The van der Waals surface area contributed by atoms with Gasteiger partial charge >= 0.3 is 0 Å². The lowest BCUT2D eigenvalue weighted by atomic mass is 10.1. The van der Waals surface area contributed by atoms with Crippen molar-refractivity contribution in [3.05, 3.63) is 42.5 Å². The average Bonchev–Trinajstić information content (AvgIpc) is 3.44. The number of nitrogens with zero attached hydrogens (tertiary/aromatic N) is 5. The molecule has 1 N–H and O–H groups in total. The summed E-state index contributed by atoms with van der Waals surface area (Å²) in [5.41, 5.74) is 1.30. The molecule has 2 aliphatic rings. The number of likely N-dealkylation sites (tertiary alicyclic amines) is 1. The Morgan fingerprint density at radius 3 is 2.79 bits per heavy atom. The van der Waals surface area contributed by atoms with Crippen molar-refractivity contribution in [1.82, 2.24) is 25.4 Å². The van der Waals surface area contributed by atoms with Crippen LogP contribution in [0.15, 0.2) is 36.8 Å². The smallest absolute Gasteiger partial charge is 0.272 e. The van der Waals surface area contributed by atoms with Crippen molar-refractivity contribution < 1.29 is 14.3 Å². The van der Waals surface area contributed by atoms with E-state index in [2.05, 4.69) is 25.4 Å². The summed E-state index contributed by atoms with van der Waals surface area (Å²) in [5, 5.41) is 10.6. The highest BCUT2D eigenvalue weighted by Gasteiger charge is 2.35. The number of carbonyl (C=O) groups excluding carboxylic acids is 2. The standard InChI is InChI=1S/C20H24N6O3/c1-29-17-10-18(24-22-11-17)19(27)23-15-5-9-26(13-15)20(28)14-4-8-25(12-14)16-2-6-21-7-3-16/h2-3,6-7,10-11,14-15H,4-5,8-9,12-13H2,1H3,(H,23,27). The molecule has 152 valence electrons. The van der Waals surface area contributed by atoms with Gasteiger partial charge in [-0.1, -0.05) is 0 Å². The molecular formula is C20H24N6O3. The number of hydrogen-bond donors (Lipinski definition) is 1. The molecule has 2 amide bonds. The third kappa shape index (κ3) is 4.28. The molecule has 2 aliphatic heterocycles. The summed E-state index contributed by atoms with van der Waals surface area (Å²) in [5.74, 6) is 0.329. The van der Waals surface area contributed by atoms with Crippen molar-refractivity contribution in [3.63, 3.8) is 0 Å². The van der Waals surface area contributed by atoms with E-state index in [-0.39, 0.29) is 29.5 Å². The fraction of sp³-hybridized carbons (Fsp3) is 0.450. The van der Waals surface area contributed by atoms with Crippen molar-refractivity contribution >= 4 is 17.5 Å². The molecule has 0 aliphatic carbocycles. The van der Waals surface area contributed by atoms with E-state index < -0.39 is 0 Å². The first-order valence-electron chi connectivity index (χ1n) is 9.75. The minimum absolute atomic E-state index is 0.0122. The maximum Gasteiger partial charge on any atom is 0.272 e. The molecule has 2 saturated heterocycles. The second-order valence-electron chi connectivity index (χ2n) is 7.36. The SMILES string of the molecule is COc1cnnc(C(=O)NC2CCN(C(=O)C3CCN(c4ccncc4)C3)C2)c1. The van der Waals surface area contributed by atoms with Crippen LogP contribution in [0, 0.1) is 5.92 Å². The van der Waals surface area contributed by atoms with Gasteiger partial charge < -0.3 is 19.9 Å². The molecule has 9 nitrogen and oxygen atoms in total. The first-order valence-corrected chi connectivity index (χ1v) is 9.75. The van der Waals surface area contributed by atoms with E-state index in [4.69, 9.17) is 4.74 Å². The fourth-order valence-corrected chi connectivity index (χ4v) is 3.92. The molecule has 0 radical (unpaired) electrons. The Hall–Kier alpha value is -3.23. The normalized spacial score (nSPS) is 21.3. The number of aromatic nitrogens is 3. The highest BCUT2D eigenvalue weighted by atomic mass is 16.5. The Morgan fingerprint density at radius 2 is 2.00 bits per heavy atom. The number of ether oxygens (including phenoxy) is 1. The van der Waals surface area contributed by atoms with Crippen molar-refractivity contribution in [3.8, 4) is 5.75 Å². The van der Waals surface area contributed by atoms with Gasteiger partial charge in [0.05, 0.1) is 19.2 Å². The molecule has 2 atom stereocenters. The van der Waals surface area contributed by atoms with Gasteiger partial charge in [0, 0.05) is 56.4 Å². The van der Waals surface area contributed by atoms with Gasteiger partial charge in [-0.25, -0.2) is 0 Å². The number of anilines is 1. The monoisotopic (exact) mass is 396 g/mol. The van der Waals surface area contributed by atoms with Gasteiger partial charge in [-0.3, -0.25) is 14.6 Å². The molecule has 29 heavy (non-hydrogen) atoms. The first kappa shape index (κ1) is 19.1. The second kappa shape index (κ2) is 8.42. The molecule has 0 saturated carbocycles. The first-order chi connectivity index (χ1) is 14.1. The lowest BCUT2D eigenvalue weighted by Gasteiger charge is -2.22. The van der Waals surface area contributed by atoms with E-state index >= 15 is 0 Å². The molecule has 2 aromatic heterocycles. The summed E-state index contributed by atoms with van der Waals surface area (Å²) in [6, 6.07) is 5.40. The van der Waals surface area contributed by atoms with Crippen molar-refractivity contribution in [2.45, 2.75) is 18.9 Å². The molecule has 9 heteroatoms. The average molecular weight is 396 g/mol. The van der Waals surface area contributed by atoms with Crippen molar-refractivity contribution in [2.75, 3.05) is 38.2 Å². The van der Waals surface area contributed by atoms with Crippen LogP contribution >= 0.6 is 0 Å². The number of methoxy groups -OCH3 is 1. The molecule has 4 rings (SSSR count). The van der Waals surface area contributed by atoms with E-state index in [0.29, 0.717) is 18.8 Å². The Labute approximate surface area is 169 Å². The summed E-state index contributed by atoms with van der Waals surface area (Å²) in [6.07, 6.45) is 6.56. The van der Waals surface area contributed by atoms with Crippen molar-refractivity contribution in [2.24, 2.45) is 5.92 Å². The lowest BCUT2D eigenvalue weighted by molar-refractivity contribution is -0.133. The predicted molar refractivity (Wildman–Crippen MR) is 106 cm³/mol. The quantitative estimate of drug-likeness (QED) is 0.795. The van der Waals surface area contributed by atoms with Gasteiger partial charge in [0.25, 0.3) is 5.91 Å². The minimum Gasteiger partial charge on any atom is -0.495 e.